The summed E-state index contributed by atoms with van der Waals surface area (Å²) in [6.07, 6.45) is 2.52. The smallest absolute Gasteiger partial charge is 0.272 e. The Morgan fingerprint density at radius 2 is 2.07 bits per heavy atom. The summed E-state index contributed by atoms with van der Waals surface area (Å²) in [5.74, 6) is 0.397. The molecular formula is C22H21N5O3. The molecule has 0 saturated heterocycles. The Morgan fingerprint density at radius 3 is 2.93 bits per heavy atom. The quantitative estimate of drug-likeness (QED) is 0.718. The van der Waals surface area contributed by atoms with Crippen molar-refractivity contribution in [1.29, 1.82) is 0 Å². The summed E-state index contributed by atoms with van der Waals surface area (Å²) in [7, 11) is 0. The number of hydrogen-bond acceptors (Lipinski definition) is 5. The van der Waals surface area contributed by atoms with Crippen LogP contribution in [0.5, 0.6) is 5.75 Å². The number of benzene rings is 1. The van der Waals surface area contributed by atoms with Gasteiger partial charge < -0.3 is 15.0 Å². The van der Waals surface area contributed by atoms with Gasteiger partial charge in [0.2, 0.25) is 0 Å². The molecule has 152 valence electrons. The molecule has 0 radical (unpaired) electrons. The predicted octanol–water partition coefficient (Wildman–Crippen LogP) is 1.80. The molecule has 0 saturated carbocycles. The summed E-state index contributed by atoms with van der Waals surface area (Å²) in [5, 5.41) is 7.25. The van der Waals surface area contributed by atoms with Crippen LogP contribution in [0, 0.1) is 0 Å². The molecule has 3 aromatic rings. The van der Waals surface area contributed by atoms with Crippen LogP contribution in [0.15, 0.2) is 48.7 Å². The maximum absolute atomic E-state index is 13.1. The van der Waals surface area contributed by atoms with Gasteiger partial charge in [0.15, 0.2) is 5.69 Å². The predicted molar refractivity (Wildman–Crippen MR) is 108 cm³/mol. The van der Waals surface area contributed by atoms with Crippen molar-refractivity contribution in [2.75, 3.05) is 13.2 Å². The van der Waals surface area contributed by atoms with E-state index in [1.165, 1.54) is 0 Å². The standard InChI is InChI=1S/C22H21N5O3/c28-21(24-13-16-5-1-2-8-23-16)19-12-17-14-26(9-10-27(17)25-19)22(29)18-6-3-4-15-7-11-30-20(15)18/h1-6,8,12H,7,9-11,13-14H2,(H,24,28). The minimum absolute atomic E-state index is 0.0534. The van der Waals surface area contributed by atoms with Crippen molar-refractivity contribution in [1.82, 2.24) is 25.0 Å². The summed E-state index contributed by atoms with van der Waals surface area (Å²) in [6, 6.07) is 13.0. The van der Waals surface area contributed by atoms with Gasteiger partial charge >= 0.3 is 0 Å². The molecule has 1 N–H and O–H groups in total. The van der Waals surface area contributed by atoms with Crippen LogP contribution >= 0.6 is 0 Å². The maximum Gasteiger partial charge on any atom is 0.272 e. The summed E-state index contributed by atoms with van der Waals surface area (Å²) in [4.78, 5) is 31.6. The Balaban J connectivity index is 1.28. The van der Waals surface area contributed by atoms with Crippen molar-refractivity contribution in [2.24, 2.45) is 0 Å². The van der Waals surface area contributed by atoms with Crippen molar-refractivity contribution in [3.8, 4) is 5.75 Å². The highest BCUT2D eigenvalue weighted by molar-refractivity contribution is 5.97. The number of rotatable bonds is 4. The molecule has 0 spiro atoms. The third-order valence-corrected chi connectivity index (χ3v) is 5.42. The molecule has 0 fully saturated rings. The van der Waals surface area contributed by atoms with E-state index in [4.69, 9.17) is 4.74 Å². The van der Waals surface area contributed by atoms with E-state index in [0.717, 1.165) is 23.4 Å². The molecular weight excluding hydrogens is 382 g/mol. The van der Waals surface area contributed by atoms with Crippen LogP contribution in [0.2, 0.25) is 0 Å². The minimum Gasteiger partial charge on any atom is -0.492 e. The number of carbonyl (C=O) groups is 2. The van der Waals surface area contributed by atoms with E-state index in [1.54, 1.807) is 21.8 Å². The molecule has 0 bridgehead atoms. The number of pyridine rings is 1. The van der Waals surface area contributed by atoms with Gasteiger partial charge in [0.05, 0.1) is 43.2 Å². The lowest BCUT2D eigenvalue weighted by molar-refractivity contribution is 0.0702. The van der Waals surface area contributed by atoms with Gasteiger partial charge in [0.1, 0.15) is 5.75 Å². The van der Waals surface area contributed by atoms with Gasteiger partial charge in [0.25, 0.3) is 11.8 Å². The Labute approximate surface area is 173 Å². The number of carbonyl (C=O) groups excluding carboxylic acids is 2. The van der Waals surface area contributed by atoms with Crippen LogP contribution in [-0.2, 0) is 26.1 Å². The fourth-order valence-corrected chi connectivity index (χ4v) is 3.87. The molecule has 8 heteroatoms. The zero-order chi connectivity index (χ0) is 20.5. The highest BCUT2D eigenvalue weighted by atomic mass is 16.5. The zero-order valence-corrected chi connectivity index (χ0v) is 16.4. The van der Waals surface area contributed by atoms with E-state index in [9.17, 15) is 9.59 Å². The van der Waals surface area contributed by atoms with Crippen molar-refractivity contribution in [2.45, 2.75) is 26.1 Å². The highest BCUT2D eigenvalue weighted by Crippen LogP contribution is 2.31. The molecule has 2 aromatic heterocycles. The second-order valence-corrected chi connectivity index (χ2v) is 7.37. The van der Waals surface area contributed by atoms with Gasteiger partial charge in [-0.1, -0.05) is 18.2 Å². The van der Waals surface area contributed by atoms with Gasteiger partial charge in [0, 0.05) is 19.2 Å². The number of hydrogen-bond donors (Lipinski definition) is 1. The number of para-hydroxylation sites is 1. The number of fused-ring (bicyclic) bond motifs is 2. The third kappa shape index (κ3) is 3.41. The lowest BCUT2D eigenvalue weighted by atomic mass is 10.1. The average Bonchev–Trinajstić information content (AvgIpc) is 3.44. The van der Waals surface area contributed by atoms with Crippen LogP contribution < -0.4 is 10.1 Å². The number of ether oxygens (including phenoxy) is 1. The van der Waals surface area contributed by atoms with Crippen LogP contribution in [-0.4, -0.2) is 44.6 Å². The molecule has 0 unspecified atom stereocenters. The van der Waals surface area contributed by atoms with Crippen molar-refractivity contribution < 1.29 is 14.3 Å². The van der Waals surface area contributed by atoms with Crippen molar-refractivity contribution >= 4 is 11.8 Å². The molecule has 5 rings (SSSR count). The normalized spacial score (nSPS) is 14.6. The number of amides is 2. The van der Waals surface area contributed by atoms with E-state index < -0.39 is 0 Å². The van der Waals surface area contributed by atoms with Gasteiger partial charge in [-0.2, -0.15) is 5.10 Å². The Bertz CT molecular complexity index is 1110. The number of aromatic nitrogens is 3. The van der Waals surface area contributed by atoms with Crippen LogP contribution in [0.4, 0.5) is 0 Å². The van der Waals surface area contributed by atoms with E-state index in [-0.39, 0.29) is 11.8 Å². The molecule has 0 aliphatic carbocycles. The summed E-state index contributed by atoms with van der Waals surface area (Å²) in [5.41, 5.74) is 3.65. The Morgan fingerprint density at radius 1 is 1.13 bits per heavy atom. The lowest BCUT2D eigenvalue weighted by Gasteiger charge is -2.28. The van der Waals surface area contributed by atoms with E-state index in [2.05, 4.69) is 15.4 Å². The van der Waals surface area contributed by atoms with Crippen LogP contribution in [0.25, 0.3) is 0 Å². The van der Waals surface area contributed by atoms with Crippen molar-refractivity contribution in [3.63, 3.8) is 0 Å². The van der Waals surface area contributed by atoms with Crippen LogP contribution in [0.1, 0.15) is 37.8 Å². The van der Waals surface area contributed by atoms with E-state index in [0.29, 0.717) is 49.8 Å². The Hall–Kier alpha value is -3.68. The molecule has 8 nitrogen and oxygen atoms in total. The summed E-state index contributed by atoms with van der Waals surface area (Å²) in [6.45, 7) is 2.44. The summed E-state index contributed by atoms with van der Waals surface area (Å²) < 4.78 is 7.48. The van der Waals surface area contributed by atoms with Crippen molar-refractivity contribution in [3.05, 3.63) is 76.9 Å². The van der Waals surface area contributed by atoms with Gasteiger partial charge in [-0.05, 0) is 29.8 Å². The first-order valence-electron chi connectivity index (χ1n) is 9.98. The molecule has 1 aromatic carbocycles. The third-order valence-electron chi connectivity index (χ3n) is 5.42. The highest BCUT2D eigenvalue weighted by Gasteiger charge is 2.28. The topological polar surface area (TPSA) is 89.4 Å². The second kappa shape index (κ2) is 7.62. The molecule has 4 heterocycles. The largest absolute Gasteiger partial charge is 0.492 e. The summed E-state index contributed by atoms with van der Waals surface area (Å²) >= 11 is 0. The lowest BCUT2D eigenvalue weighted by Crippen LogP contribution is -2.38. The van der Waals surface area contributed by atoms with Gasteiger partial charge in [-0.15, -0.1) is 0 Å². The first-order valence-corrected chi connectivity index (χ1v) is 9.98. The van der Waals surface area contributed by atoms with E-state index in [1.807, 2.05) is 36.4 Å². The fraction of sp³-hybridized carbons (Fsp3) is 0.273. The SMILES string of the molecule is O=C(NCc1ccccn1)c1cc2n(n1)CCN(C(=O)c1cccc3c1OCC3)C2. The molecule has 2 amide bonds. The first-order chi connectivity index (χ1) is 14.7. The molecule has 2 aliphatic rings. The number of nitrogens with zero attached hydrogens (tertiary/aromatic N) is 4. The van der Waals surface area contributed by atoms with Gasteiger partial charge in [-0.3, -0.25) is 19.3 Å². The molecule has 2 aliphatic heterocycles. The van der Waals surface area contributed by atoms with Gasteiger partial charge in [-0.25, -0.2) is 0 Å². The second-order valence-electron chi connectivity index (χ2n) is 7.37. The molecule has 30 heavy (non-hydrogen) atoms. The number of nitrogens with one attached hydrogen (secondary N) is 1. The average molecular weight is 403 g/mol. The van der Waals surface area contributed by atoms with E-state index >= 15 is 0 Å². The Kier molecular flexibility index (Phi) is 4.66. The zero-order valence-electron chi connectivity index (χ0n) is 16.4. The van der Waals surface area contributed by atoms with Crippen LogP contribution in [0.3, 0.4) is 0 Å². The monoisotopic (exact) mass is 403 g/mol. The first kappa shape index (κ1) is 18.4. The fourth-order valence-electron chi connectivity index (χ4n) is 3.87. The maximum atomic E-state index is 13.1. The minimum atomic E-state index is -0.255. The molecule has 0 atom stereocenters.